The second-order valence-corrected chi connectivity index (χ2v) is 8.91. The zero-order valence-electron chi connectivity index (χ0n) is 19.2. The number of carboxylic acids is 1. The van der Waals surface area contributed by atoms with Crippen LogP contribution in [0.2, 0.25) is 0 Å². The van der Waals surface area contributed by atoms with Crippen LogP contribution in [-0.2, 0) is 4.79 Å². The average molecular weight is 483 g/mol. The molecular formula is C28H22FN3O4. The van der Waals surface area contributed by atoms with Crippen molar-refractivity contribution in [2.24, 2.45) is 11.8 Å². The lowest BCUT2D eigenvalue weighted by molar-refractivity contribution is -0.144. The number of benzene rings is 3. The molecule has 1 heterocycles. The molecule has 0 amide bonds. The van der Waals surface area contributed by atoms with E-state index >= 15 is 0 Å². The smallest absolute Gasteiger partial charge is 0.307 e. The normalized spacial score (nSPS) is 17.4. The van der Waals surface area contributed by atoms with Crippen molar-refractivity contribution in [1.82, 2.24) is 4.98 Å². The standard InChI is InChI=1S/C28H22FN3O4/c29-22-14-19(10-12-23(22)31-28-32-24-11-5-16(15-30)13-25(24)36-28)17-6-8-18(9-7-17)26(33)20-3-1-2-4-21(20)27(34)35/h5-14,20-21H,1-4H2,(H,31,32)(H,34,35). The van der Waals surface area contributed by atoms with Crippen LogP contribution >= 0.6 is 0 Å². The molecule has 5 rings (SSSR count). The minimum atomic E-state index is -0.918. The average Bonchev–Trinajstić information content (AvgIpc) is 3.31. The first-order chi connectivity index (χ1) is 17.4. The van der Waals surface area contributed by atoms with Crippen molar-refractivity contribution >= 4 is 34.6 Å². The number of aliphatic carboxylic acids is 1. The third-order valence-corrected chi connectivity index (χ3v) is 6.65. The molecule has 0 radical (unpaired) electrons. The van der Waals surface area contributed by atoms with Gasteiger partial charge in [-0.1, -0.05) is 43.2 Å². The van der Waals surface area contributed by atoms with Crippen LogP contribution in [0.3, 0.4) is 0 Å². The Kier molecular flexibility index (Phi) is 6.21. The fraction of sp³-hybridized carbons (Fsp3) is 0.214. The molecule has 36 heavy (non-hydrogen) atoms. The van der Waals surface area contributed by atoms with Gasteiger partial charge in [0, 0.05) is 17.5 Å². The van der Waals surface area contributed by atoms with Crippen LogP contribution in [0.15, 0.2) is 65.1 Å². The first-order valence-electron chi connectivity index (χ1n) is 11.7. The maximum atomic E-state index is 14.9. The number of hydrogen-bond donors (Lipinski definition) is 2. The summed E-state index contributed by atoms with van der Waals surface area (Å²) in [7, 11) is 0. The highest BCUT2D eigenvalue weighted by molar-refractivity contribution is 6.00. The molecule has 0 bridgehead atoms. The molecule has 2 atom stereocenters. The second kappa shape index (κ2) is 9.62. The van der Waals surface area contributed by atoms with E-state index in [0.29, 0.717) is 40.6 Å². The van der Waals surface area contributed by atoms with E-state index in [1.807, 2.05) is 6.07 Å². The lowest BCUT2D eigenvalue weighted by atomic mass is 9.75. The quantitative estimate of drug-likeness (QED) is 0.308. The van der Waals surface area contributed by atoms with E-state index in [1.165, 1.54) is 6.07 Å². The number of halogens is 1. The summed E-state index contributed by atoms with van der Waals surface area (Å²) in [5.74, 6) is -2.74. The Bertz CT molecular complexity index is 1500. The number of carboxylic acid groups (broad SMARTS) is 1. The first kappa shape index (κ1) is 23.2. The molecule has 0 saturated heterocycles. The zero-order chi connectivity index (χ0) is 25.2. The van der Waals surface area contributed by atoms with Gasteiger partial charge in [-0.2, -0.15) is 10.2 Å². The number of carbonyl (C=O) groups excluding carboxylic acids is 1. The van der Waals surface area contributed by atoms with Crippen molar-refractivity contribution in [2.75, 3.05) is 5.32 Å². The third-order valence-electron chi connectivity index (χ3n) is 6.65. The Morgan fingerprint density at radius 1 is 1.00 bits per heavy atom. The van der Waals surface area contributed by atoms with Crippen molar-refractivity contribution in [3.05, 3.63) is 77.6 Å². The van der Waals surface area contributed by atoms with Gasteiger partial charge in [0.1, 0.15) is 11.3 Å². The van der Waals surface area contributed by atoms with Gasteiger partial charge < -0.3 is 14.8 Å². The summed E-state index contributed by atoms with van der Waals surface area (Å²) < 4.78 is 20.5. The Hall–Kier alpha value is -4.51. The summed E-state index contributed by atoms with van der Waals surface area (Å²) >= 11 is 0. The second-order valence-electron chi connectivity index (χ2n) is 8.91. The largest absolute Gasteiger partial charge is 0.481 e. The van der Waals surface area contributed by atoms with E-state index in [-0.39, 0.29) is 17.5 Å². The number of nitrogens with one attached hydrogen (secondary N) is 1. The van der Waals surface area contributed by atoms with Gasteiger partial charge in [0.15, 0.2) is 11.4 Å². The topological polar surface area (TPSA) is 116 Å². The fourth-order valence-electron chi connectivity index (χ4n) is 4.74. The summed E-state index contributed by atoms with van der Waals surface area (Å²) in [4.78, 5) is 28.8. The predicted octanol–water partition coefficient (Wildman–Crippen LogP) is 6.32. The number of anilines is 2. The lowest BCUT2D eigenvalue weighted by Crippen LogP contribution is -2.32. The van der Waals surface area contributed by atoms with Gasteiger partial charge in [-0.15, -0.1) is 0 Å². The number of aromatic nitrogens is 1. The van der Waals surface area contributed by atoms with Crippen molar-refractivity contribution < 1.29 is 23.5 Å². The molecule has 2 unspecified atom stereocenters. The maximum Gasteiger partial charge on any atom is 0.307 e. The van der Waals surface area contributed by atoms with Crippen LogP contribution in [0.5, 0.6) is 0 Å². The molecule has 180 valence electrons. The molecule has 0 aliphatic heterocycles. The van der Waals surface area contributed by atoms with Crippen LogP contribution in [0.1, 0.15) is 41.6 Å². The number of Topliss-reactive ketones (excluding diaryl/α,β-unsaturated/α-hetero) is 1. The Labute approximate surface area is 206 Å². The van der Waals surface area contributed by atoms with Gasteiger partial charge in [-0.05, 0) is 48.2 Å². The Morgan fingerprint density at radius 2 is 1.72 bits per heavy atom. The molecule has 1 saturated carbocycles. The zero-order valence-corrected chi connectivity index (χ0v) is 19.2. The predicted molar refractivity (Wildman–Crippen MR) is 131 cm³/mol. The fourth-order valence-corrected chi connectivity index (χ4v) is 4.74. The van der Waals surface area contributed by atoms with E-state index in [4.69, 9.17) is 9.68 Å². The van der Waals surface area contributed by atoms with E-state index in [9.17, 15) is 19.1 Å². The summed E-state index contributed by atoms with van der Waals surface area (Å²) in [6.45, 7) is 0. The number of nitriles is 1. The molecule has 8 heteroatoms. The van der Waals surface area contributed by atoms with Crippen LogP contribution in [0, 0.1) is 29.0 Å². The van der Waals surface area contributed by atoms with Gasteiger partial charge in [-0.3, -0.25) is 9.59 Å². The van der Waals surface area contributed by atoms with Crippen molar-refractivity contribution in [3.63, 3.8) is 0 Å². The number of hydrogen-bond acceptors (Lipinski definition) is 6. The summed E-state index contributed by atoms with van der Waals surface area (Å²) in [6, 6.07) is 18.5. The third kappa shape index (κ3) is 4.56. The van der Waals surface area contributed by atoms with E-state index in [1.54, 1.807) is 54.6 Å². The van der Waals surface area contributed by atoms with E-state index in [2.05, 4.69) is 10.3 Å². The SMILES string of the molecule is N#Cc1ccc2nc(Nc3ccc(-c4ccc(C(=O)C5CCCCC5C(=O)O)cc4)cc3F)oc2c1. The number of carbonyl (C=O) groups is 2. The highest BCUT2D eigenvalue weighted by Crippen LogP contribution is 2.34. The van der Waals surface area contributed by atoms with Crippen molar-refractivity contribution in [1.29, 1.82) is 5.26 Å². The number of nitrogens with zero attached hydrogens (tertiary/aromatic N) is 2. The molecule has 1 aliphatic carbocycles. The minimum absolute atomic E-state index is 0.108. The Morgan fingerprint density at radius 3 is 2.42 bits per heavy atom. The molecule has 1 fully saturated rings. The number of rotatable bonds is 6. The summed E-state index contributed by atoms with van der Waals surface area (Å²) in [5, 5.41) is 21.3. The first-order valence-corrected chi connectivity index (χ1v) is 11.7. The van der Waals surface area contributed by atoms with Crippen LogP contribution < -0.4 is 5.32 Å². The maximum absolute atomic E-state index is 14.9. The van der Waals surface area contributed by atoms with Gasteiger partial charge >= 0.3 is 5.97 Å². The van der Waals surface area contributed by atoms with Gasteiger partial charge in [-0.25, -0.2) is 4.39 Å². The van der Waals surface area contributed by atoms with Crippen LogP contribution in [-0.4, -0.2) is 21.8 Å². The number of oxazole rings is 1. The number of ketones is 1. The van der Waals surface area contributed by atoms with Crippen molar-refractivity contribution in [2.45, 2.75) is 25.7 Å². The van der Waals surface area contributed by atoms with Crippen LogP contribution in [0.25, 0.3) is 22.2 Å². The lowest BCUT2D eigenvalue weighted by Gasteiger charge is -2.27. The summed E-state index contributed by atoms with van der Waals surface area (Å²) in [6.07, 6.45) is 2.78. The minimum Gasteiger partial charge on any atom is -0.481 e. The molecular weight excluding hydrogens is 461 g/mol. The molecule has 1 aliphatic rings. The van der Waals surface area contributed by atoms with E-state index in [0.717, 1.165) is 18.4 Å². The highest BCUT2D eigenvalue weighted by Gasteiger charge is 2.35. The molecule has 4 aromatic rings. The van der Waals surface area contributed by atoms with Gasteiger partial charge in [0.25, 0.3) is 6.01 Å². The van der Waals surface area contributed by atoms with Gasteiger partial charge in [0.2, 0.25) is 0 Å². The molecule has 7 nitrogen and oxygen atoms in total. The summed E-state index contributed by atoms with van der Waals surface area (Å²) in [5.41, 5.74) is 3.39. The highest BCUT2D eigenvalue weighted by atomic mass is 19.1. The van der Waals surface area contributed by atoms with E-state index < -0.39 is 23.6 Å². The molecule has 2 N–H and O–H groups in total. The van der Waals surface area contributed by atoms with Crippen LogP contribution in [0.4, 0.5) is 16.1 Å². The Balaban J connectivity index is 1.32. The monoisotopic (exact) mass is 483 g/mol. The van der Waals surface area contributed by atoms with Crippen molar-refractivity contribution in [3.8, 4) is 17.2 Å². The van der Waals surface area contributed by atoms with Gasteiger partial charge in [0.05, 0.1) is 23.2 Å². The molecule has 3 aromatic carbocycles. The molecule has 1 aromatic heterocycles. The number of fused-ring (bicyclic) bond motifs is 1. The molecule has 0 spiro atoms.